The van der Waals surface area contributed by atoms with Crippen molar-refractivity contribution in [2.24, 2.45) is 0 Å². The van der Waals surface area contributed by atoms with Crippen molar-refractivity contribution < 1.29 is 4.39 Å². The summed E-state index contributed by atoms with van der Waals surface area (Å²) in [7, 11) is 0. The van der Waals surface area contributed by atoms with Gasteiger partial charge in [-0.15, -0.1) is 0 Å². The van der Waals surface area contributed by atoms with Crippen LogP contribution in [0.1, 0.15) is 47.8 Å². The molecule has 0 atom stereocenters. The molecule has 4 aromatic heterocycles. The van der Waals surface area contributed by atoms with Gasteiger partial charge in [-0.1, -0.05) is 37.6 Å². The van der Waals surface area contributed by atoms with Crippen molar-refractivity contribution in [3.63, 3.8) is 0 Å². The highest BCUT2D eigenvalue weighted by molar-refractivity contribution is 6.31. The monoisotopic (exact) mass is 511 g/mol. The first-order valence-electron chi connectivity index (χ1n) is 11.3. The van der Waals surface area contributed by atoms with Gasteiger partial charge in [0.25, 0.3) is 0 Å². The van der Waals surface area contributed by atoms with Crippen LogP contribution in [0.4, 0.5) is 10.2 Å². The van der Waals surface area contributed by atoms with Crippen LogP contribution in [0.15, 0.2) is 36.7 Å². The van der Waals surface area contributed by atoms with Crippen molar-refractivity contribution in [1.29, 1.82) is 0 Å². The Hall–Kier alpha value is -3.23. The van der Waals surface area contributed by atoms with Crippen LogP contribution in [-0.4, -0.2) is 29.1 Å². The van der Waals surface area contributed by atoms with Gasteiger partial charge in [-0.25, -0.2) is 9.37 Å². The van der Waals surface area contributed by atoms with E-state index in [1.807, 2.05) is 18.3 Å². The van der Waals surface area contributed by atoms with E-state index in [-0.39, 0.29) is 17.6 Å². The van der Waals surface area contributed by atoms with Gasteiger partial charge >= 0.3 is 0 Å². The van der Waals surface area contributed by atoms with Crippen LogP contribution in [0.25, 0.3) is 16.7 Å². The van der Waals surface area contributed by atoms with E-state index in [1.165, 1.54) is 0 Å². The fourth-order valence-electron chi connectivity index (χ4n) is 4.24. The normalized spacial score (nSPS) is 11.8. The predicted octanol–water partition coefficient (Wildman–Crippen LogP) is 6.32. The molecule has 0 spiro atoms. The standard InChI is InChI=1S/C25H24Cl2FN7/c1-13(2)22-15(4)35-11-16(6-8-20(35)30-22)10-34-12-18-23(31-25(27)32-24(18)33-34)29-9-17-19(26)7-5-14(3)21(17)28/h5-8,11-13H,9-10H2,1-4H3,(H,29,31,32,33). The molecule has 0 saturated heterocycles. The summed E-state index contributed by atoms with van der Waals surface area (Å²) in [6.45, 7) is 8.74. The lowest BCUT2D eigenvalue weighted by atomic mass is 10.1. The Morgan fingerprint density at radius 1 is 1.03 bits per heavy atom. The second-order valence-corrected chi connectivity index (χ2v) is 9.66. The number of benzene rings is 1. The molecule has 0 saturated carbocycles. The zero-order valence-electron chi connectivity index (χ0n) is 19.8. The molecule has 1 N–H and O–H groups in total. The van der Waals surface area contributed by atoms with Crippen LogP contribution < -0.4 is 5.32 Å². The second kappa shape index (κ2) is 9.09. The number of aryl methyl sites for hydroxylation is 2. The largest absolute Gasteiger partial charge is 0.365 e. The van der Waals surface area contributed by atoms with Crippen molar-refractivity contribution in [1.82, 2.24) is 29.1 Å². The molecule has 0 aliphatic rings. The first-order chi connectivity index (χ1) is 16.7. The van der Waals surface area contributed by atoms with Crippen LogP contribution in [0.2, 0.25) is 10.3 Å². The average molecular weight is 512 g/mol. The third-order valence-electron chi connectivity index (χ3n) is 6.06. The minimum atomic E-state index is -0.345. The number of halogens is 3. The van der Waals surface area contributed by atoms with Crippen LogP contribution in [0.3, 0.4) is 0 Å². The summed E-state index contributed by atoms with van der Waals surface area (Å²) in [5.74, 6) is 0.473. The molecule has 0 aliphatic heterocycles. The SMILES string of the molecule is Cc1ccc(Cl)c(CNc2nc(Cl)nc3nn(Cc4ccc5nc(C(C)C)c(C)n5c4)cc23)c1F. The Labute approximate surface area is 211 Å². The highest BCUT2D eigenvalue weighted by atomic mass is 35.5. The van der Waals surface area contributed by atoms with Crippen molar-refractivity contribution >= 4 is 45.7 Å². The number of anilines is 1. The molecular formula is C25H24Cl2FN7. The van der Waals surface area contributed by atoms with E-state index in [4.69, 9.17) is 28.2 Å². The number of pyridine rings is 1. The molecular weight excluding hydrogens is 488 g/mol. The van der Waals surface area contributed by atoms with Gasteiger partial charge in [0, 0.05) is 35.2 Å². The zero-order valence-corrected chi connectivity index (χ0v) is 21.3. The highest BCUT2D eigenvalue weighted by Gasteiger charge is 2.16. The van der Waals surface area contributed by atoms with E-state index >= 15 is 0 Å². The van der Waals surface area contributed by atoms with Gasteiger partial charge in [-0.2, -0.15) is 15.1 Å². The van der Waals surface area contributed by atoms with Crippen LogP contribution in [0, 0.1) is 19.7 Å². The number of fused-ring (bicyclic) bond motifs is 2. The molecule has 35 heavy (non-hydrogen) atoms. The maximum atomic E-state index is 14.6. The van der Waals surface area contributed by atoms with Gasteiger partial charge in [0.1, 0.15) is 17.3 Å². The van der Waals surface area contributed by atoms with Crippen molar-refractivity contribution in [2.45, 2.75) is 46.7 Å². The van der Waals surface area contributed by atoms with Gasteiger partial charge in [0.2, 0.25) is 5.28 Å². The number of nitrogens with zero attached hydrogens (tertiary/aromatic N) is 6. The van der Waals surface area contributed by atoms with Crippen LogP contribution in [-0.2, 0) is 13.1 Å². The Morgan fingerprint density at radius 2 is 1.83 bits per heavy atom. The lowest BCUT2D eigenvalue weighted by molar-refractivity contribution is 0.604. The number of aromatic nitrogens is 6. The minimum Gasteiger partial charge on any atom is -0.365 e. The zero-order chi connectivity index (χ0) is 24.9. The van der Waals surface area contributed by atoms with Crippen molar-refractivity contribution in [3.8, 4) is 0 Å². The summed E-state index contributed by atoms with van der Waals surface area (Å²) in [6.07, 6.45) is 3.93. The molecule has 5 aromatic rings. The first kappa shape index (κ1) is 23.5. The van der Waals surface area contributed by atoms with E-state index in [0.717, 1.165) is 22.6 Å². The predicted molar refractivity (Wildman–Crippen MR) is 137 cm³/mol. The number of imidazole rings is 1. The summed E-state index contributed by atoms with van der Waals surface area (Å²) in [5.41, 5.74) is 5.55. The smallest absolute Gasteiger partial charge is 0.226 e. The van der Waals surface area contributed by atoms with Gasteiger partial charge in [0.05, 0.1) is 17.6 Å². The van der Waals surface area contributed by atoms with E-state index in [9.17, 15) is 4.39 Å². The maximum absolute atomic E-state index is 14.6. The Morgan fingerprint density at radius 3 is 2.60 bits per heavy atom. The topological polar surface area (TPSA) is 72.9 Å². The van der Waals surface area contributed by atoms with Crippen LogP contribution in [0.5, 0.6) is 0 Å². The number of rotatable bonds is 6. The first-order valence-corrected chi connectivity index (χ1v) is 12.0. The minimum absolute atomic E-state index is 0.0535. The third-order valence-corrected chi connectivity index (χ3v) is 6.58. The third kappa shape index (κ3) is 4.44. The van der Waals surface area contributed by atoms with E-state index < -0.39 is 0 Å². The maximum Gasteiger partial charge on any atom is 0.226 e. The molecule has 0 radical (unpaired) electrons. The highest BCUT2D eigenvalue weighted by Crippen LogP contribution is 2.26. The molecule has 10 heteroatoms. The molecule has 5 rings (SSSR count). The van der Waals surface area contributed by atoms with Gasteiger partial charge in [0.15, 0.2) is 5.65 Å². The van der Waals surface area contributed by atoms with E-state index in [2.05, 4.69) is 51.8 Å². The molecule has 0 amide bonds. The summed E-state index contributed by atoms with van der Waals surface area (Å²) >= 11 is 12.4. The number of hydrogen-bond acceptors (Lipinski definition) is 5. The van der Waals surface area contributed by atoms with E-state index in [0.29, 0.717) is 45.5 Å². The molecule has 0 fully saturated rings. The number of nitrogens with one attached hydrogen (secondary N) is 1. The Balaban J connectivity index is 1.45. The summed E-state index contributed by atoms with van der Waals surface area (Å²) in [4.78, 5) is 13.3. The second-order valence-electron chi connectivity index (χ2n) is 8.92. The fraction of sp³-hybridized carbons (Fsp3) is 0.280. The fourth-order valence-corrected chi connectivity index (χ4v) is 4.62. The molecule has 7 nitrogen and oxygen atoms in total. The quantitative estimate of drug-likeness (QED) is 0.270. The molecule has 1 aromatic carbocycles. The Bertz CT molecular complexity index is 1570. The van der Waals surface area contributed by atoms with E-state index in [1.54, 1.807) is 23.7 Å². The summed E-state index contributed by atoms with van der Waals surface area (Å²) < 4.78 is 18.5. The van der Waals surface area contributed by atoms with Gasteiger partial charge in [-0.3, -0.25) is 4.68 Å². The molecule has 4 heterocycles. The van der Waals surface area contributed by atoms with Crippen LogP contribution >= 0.6 is 23.2 Å². The lowest BCUT2D eigenvalue weighted by Gasteiger charge is -2.10. The average Bonchev–Trinajstić information content (AvgIpc) is 3.36. The van der Waals surface area contributed by atoms with Gasteiger partial charge in [-0.05, 0) is 54.6 Å². The van der Waals surface area contributed by atoms with Crippen molar-refractivity contribution in [3.05, 3.63) is 80.9 Å². The molecule has 0 bridgehead atoms. The van der Waals surface area contributed by atoms with Gasteiger partial charge < -0.3 is 9.72 Å². The Kier molecular flexibility index (Phi) is 6.11. The molecule has 0 aliphatic carbocycles. The molecule has 180 valence electrons. The summed E-state index contributed by atoms with van der Waals surface area (Å²) in [6, 6.07) is 7.39. The summed E-state index contributed by atoms with van der Waals surface area (Å²) in [5, 5.41) is 8.82. The van der Waals surface area contributed by atoms with Crippen molar-refractivity contribution in [2.75, 3.05) is 5.32 Å². The molecule has 0 unspecified atom stereocenters. The number of hydrogen-bond donors (Lipinski definition) is 1. The lowest BCUT2D eigenvalue weighted by Crippen LogP contribution is -2.06.